The molecule has 0 aliphatic carbocycles. The first-order chi connectivity index (χ1) is 14.2. The smallest absolute Gasteiger partial charge is 0.250 e. The molecule has 0 radical (unpaired) electrons. The van der Waals surface area contributed by atoms with E-state index >= 15 is 0 Å². The number of methoxy groups -OCH3 is 1. The Morgan fingerprint density at radius 1 is 1.24 bits per heavy atom. The lowest BCUT2D eigenvalue weighted by Gasteiger charge is -2.12. The van der Waals surface area contributed by atoms with Crippen LogP contribution in [0.2, 0.25) is 0 Å². The van der Waals surface area contributed by atoms with Crippen LogP contribution in [0, 0.1) is 0 Å². The maximum Gasteiger partial charge on any atom is 0.250 e. The van der Waals surface area contributed by atoms with Gasteiger partial charge in [0.2, 0.25) is 0 Å². The van der Waals surface area contributed by atoms with Crippen molar-refractivity contribution in [2.24, 2.45) is 0 Å². The zero-order valence-corrected chi connectivity index (χ0v) is 16.7. The van der Waals surface area contributed by atoms with Crippen LogP contribution >= 0.6 is 0 Å². The Hall–Kier alpha value is -3.60. The van der Waals surface area contributed by atoms with E-state index in [1.165, 1.54) is 0 Å². The highest BCUT2D eigenvalue weighted by Crippen LogP contribution is 2.27. The highest BCUT2D eigenvalue weighted by Gasteiger charge is 2.06. The van der Waals surface area contributed by atoms with Crippen molar-refractivity contribution >= 4 is 16.5 Å². The summed E-state index contributed by atoms with van der Waals surface area (Å²) in [5.41, 5.74) is 2.60. The number of ether oxygens (including phenoxy) is 2. The highest BCUT2D eigenvalue weighted by atomic mass is 16.5. The average molecular weight is 388 g/mol. The fraction of sp³-hybridized carbons (Fsp3) is 0.167. The molecule has 5 heteroatoms. The molecular formula is C24H24N2O3. The molecule has 0 spiro atoms. The van der Waals surface area contributed by atoms with E-state index in [2.05, 4.69) is 11.6 Å². The first-order valence-electron chi connectivity index (χ1n) is 9.38. The van der Waals surface area contributed by atoms with Crippen molar-refractivity contribution in [1.29, 1.82) is 0 Å². The van der Waals surface area contributed by atoms with Crippen molar-refractivity contribution in [1.82, 2.24) is 9.55 Å². The molecule has 2 aromatic heterocycles. The number of fused-ring (bicyclic) bond motifs is 1. The Balaban J connectivity index is 1.77. The van der Waals surface area contributed by atoms with Crippen LogP contribution in [0.15, 0.2) is 84.5 Å². The second-order valence-electron chi connectivity index (χ2n) is 6.34. The van der Waals surface area contributed by atoms with E-state index in [1.54, 1.807) is 36.1 Å². The number of allylic oxidation sites excluding steroid dienone is 5. The van der Waals surface area contributed by atoms with Gasteiger partial charge in [-0.3, -0.25) is 9.78 Å². The number of hydrogen-bond acceptors (Lipinski definition) is 4. The van der Waals surface area contributed by atoms with Gasteiger partial charge in [0, 0.05) is 29.9 Å². The van der Waals surface area contributed by atoms with Crippen LogP contribution in [0.4, 0.5) is 0 Å². The highest BCUT2D eigenvalue weighted by molar-refractivity contribution is 5.85. The molecule has 2 heterocycles. The SMILES string of the molecule is C=C/C(=C\C=C/C)c1ccc(=O)n(CCOc2ccnc3cc(OC)ccc23)c1. The van der Waals surface area contributed by atoms with Crippen LogP contribution in [0.3, 0.4) is 0 Å². The van der Waals surface area contributed by atoms with Crippen molar-refractivity contribution in [2.75, 3.05) is 13.7 Å². The van der Waals surface area contributed by atoms with E-state index in [1.807, 2.05) is 55.6 Å². The zero-order chi connectivity index (χ0) is 20.6. The van der Waals surface area contributed by atoms with E-state index < -0.39 is 0 Å². The molecule has 0 aliphatic rings. The number of benzene rings is 1. The Labute approximate surface area is 170 Å². The van der Waals surface area contributed by atoms with Crippen LogP contribution < -0.4 is 15.0 Å². The van der Waals surface area contributed by atoms with Gasteiger partial charge in [-0.25, -0.2) is 0 Å². The summed E-state index contributed by atoms with van der Waals surface area (Å²) in [6.07, 6.45) is 11.2. The third kappa shape index (κ3) is 4.82. The van der Waals surface area contributed by atoms with Gasteiger partial charge in [-0.1, -0.05) is 30.9 Å². The number of hydrogen-bond donors (Lipinski definition) is 0. The molecule has 0 N–H and O–H groups in total. The fourth-order valence-corrected chi connectivity index (χ4v) is 2.97. The van der Waals surface area contributed by atoms with E-state index in [4.69, 9.17) is 9.47 Å². The van der Waals surface area contributed by atoms with Gasteiger partial charge >= 0.3 is 0 Å². The van der Waals surface area contributed by atoms with Gasteiger partial charge in [-0.05, 0) is 42.3 Å². The topological polar surface area (TPSA) is 53.4 Å². The van der Waals surface area contributed by atoms with Gasteiger partial charge in [-0.15, -0.1) is 0 Å². The predicted octanol–water partition coefficient (Wildman–Crippen LogP) is 4.63. The Morgan fingerprint density at radius 3 is 2.86 bits per heavy atom. The van der Waals surface area contributed by atoms with Gasteiger partial charge in [0.1, 0.15) is 18.1 Å². The molecule has 0 unspecified atom stereocenters. The minimum Gasteiger partial charge on any atom is -0.497 e. The lowest BCUT2D eigenvalue weighted by Crippen LogP contribution is -2.22. The number of nitrogens with zero attached hydrogens (tertiary/aromatic N) is 2. The van der Waals surface area contributed by atoms with Crippen molar-refractivity contribution < 1.29 is 9.47 Å². The van der Waals surface area contributed by atoms with Crippen molar-refractivity contribution in [2.45, 2.75) is 13.5 Å². The monoisotopic (exact) mass is 388 g/mol. The largest absolute Gasteiger partial charge is 0.497 e. The fourth-order valence-electron chi connectivity index (χ4n) is 2.97. The normalized spacial score (nSPS) is 11.7. The summed E-state index contributed by atoms with van der Waals surface area (Å²) in [7, 11) is 1.62. The predicted molar refractivity (Wildman–Crippen MR) is 117 cm³/mol. The van der Waals surface area contributed by atoms with E-state index in [-0.39, 0.29) is 5.56 Å². The zero-order valence-electron chi connectivity index (χ0n) is 16.7. The summed E-state index contributed by atoms with van der Waals surface area (Å²) in [5, 5.41) is 0.901. The van der Waals surface area contributed by atoms with Gasteiger partial charge in [0.05, 0.1) is 19.2 Å². The molecule has 0 amide bonds. The van der Waals surface area contributed by atoms with Gasteiger partial charge in [0.15, 0.2) is 0 Å². The van der Waals surface area contributed by atoms with Crippen LogP contribution in [0.25, 0.3) is 16.5 Å². The Morgan fingerprint density at radius 2 is 2.10 bits per heavy atom. The van der Waals surface area contributed by atoms with Crippen LogP contribution in [-0.4, -0.2) is 23.3 Å². The quantitative estimate of drug-likeness (QED) is 0.528. The number of rotatable bonds is 8. The maximum atomic E-state index is 12.2. The van der Waals surface area contributed by atoms with E-state index in [0.717, 1.165) is 33.5 Å². The Kier molecular flexibility index (Phi) is 6.63. The molecule has 29 heavy (non-hydrogen) atoms. The van der Waals surface area contributed by atoms with Crippen molar-refractivity contribution in [3.63, 3.8) is 0 Å². The summed E-state index contributed by atoms with van der Waals surface area (Å²) in [4.78, 5) is 16.6. The summed E-state index contributed by atoms with van der Waals surface area (Å²) in [6.45, 7) is 6.60. The molecule has 0 aliphatic heterocycles. The summed E-state index contributed by atoms with van der Waals surface area (Å²) >= 11 is 0. The molecule has 0 bridgehead atoms. The van der Waals surface area contributed by atoms with Crippen molar-refractivity contribution in [3.8, 4) is 11.5 Å². The van der Waals surface area contributed by atoms with Crippen LogP contribution in [0.1, 0.15) is 12.5 Å². The van der Waals surface area contributed by atoms with Crippen LogP contribution in [-0.2, 0) is 6.54 Å². The van der Waals surface area contributed by atoms with Gasteiger partial charge in [-0.2, -0.15) is 0 Å². The van der Waals surface area contributed by atoms with Crippen molar-refractivity contribution in [3.05, 3.63) is 95.6 Å². The lowest BCUT2D eigenvalue weighted by atomic mass is 10.1. The minimum atomic E-state index is -0.0730. The average Bonchev–Trinajstić information content (AvgIpc) is 2.75. The van der Waals surface area contributed by atoms with E-state index in [0.29, 0.717) is 13.2 Å². The molecule has 0 saturated heterocycles. The molecule has 0 atom stereocenters. The van der Waals surface area contributed by atoms with Gasteiger partial charge < -0.3 is 14.0 Å². The first-order valence-corrected chi connectivity index (χ1v) is 9.38. The molecule has 3 rings (SSSR count). The number of pyridine rings is 2. The summed E-state index contributed by atoms with van der Waals surface area (Å²) in [5.74, 6) is 1.47. The molecule has 148 valence electrons. The maximum absolute atomic E-state index is 12.2. The second-order valence-corrected chi connectivity index (χ2v) is 6.34. The standard InChI is InChI=1S/C24H24N2O3/c1-4-6-7-18(5-2)19-8-11-24(27)26(17-19)14-15-29-23-12-13-25-22-16-20(28-3)9-10-21(22)23/h4-13,16-17H,2,14-15H2,1,3H3/b6-4-,18-7+. The molecule has 3 aromatic rings. The minimum absolute atomic E-state index is 0.0730. The molecular weight excluding hydrogens is 364 g/mol. The van der Waals surface area contributed by atoms with E-state index in [9.17, 15) is 4.79 Å². The van der Waals surface area contributed by atoms with Crippen LogP contribution in [0.5, 0.6) is 11.5 Å². The lowest BCUT2D eigenvalue weighted by molar-refractivity contribution is 0.299. The van der Waals surface area contributed by atoms with Gasteiger partial charge in [0.25, 0.3) is 5.56 Å². The number of aromatic nitrogens is 2. The summed E-state index contributed by atoms with van der Waals surface area (Å²) in [6, 6.07) is 10.9. The molecule has 0 saturated carbocycles. The second kappa shape index (κ2) is 9.55. The summed E-state index contributed by atoms with van der Waals surface area (Å²) < 4.78 is 12.8. The third-order valence-electron chi connectivity index (χ3n) is 4.50. The third-order valence-corrected chi connectivity index (χ3v) is 4.50. The first kappa shape index (κ1) is 20.1. The molecule has 5 nitrogen and oxygen atoms in total. The molecule has 0 fully saturated rings. The molecule has 1 aromatic carbocycles. The Bertz CT molecular complexity index is 1130.